The van der Waals surface area contributed by atoms with Crippen molar-refractivity contribution >= 4 is 6.09 Å². The molecule has 0 saturated carbocycles. The first-order chi connectivity index (χ1) is 12.8. The number of primary amides is 1. The van der Waals surface area contributed by atoms with Gasteiger partial charge in [-0.3, -0.25) is 0 Å². The fourth-order valence-electron chi connectivity index (χ4n) is 1.92. The van der Waals surface area contributed by atoms with Crippen LogP contribution < -0.4 is 11.1 Å². The molecule has 26 heavy (non-hydrogen) atoms. The van der Waals surface area contributed by atoms with Crippen LogP contribution >= 0.6 is 0 Å². The number of nitrogens with one attached hydrogen (secondary N) is 1. The van der Waals surface area contributed by atoms with E-state index >= 15 is 0 Å². The number of nitrogens with two attached hydrogens (primary N) is 1. The van der Waals surface area contributed by atoms with Crippen molar-refractivity contribution in [1.29, 1.82) is 0 Å². The molecule has 0 saturated heterocycles. The zero-order chi connectivity index (χ0) is 18.7. The topological polar surface area (TPSA) is 101 Å². The molecular formula is C18H30N2O6. The summed E-state index contributed by atoms with van der Waals surface area (Å²) in [6.07, 6.45) is -0.792. The normalized spacial score (nSPS) is 10.8. The Morgan fingerprint density at radius 1 is 0.769 bits per heavy atom. The number of carbonyl (C=O) groups excluding carboxylic acids is 1. The highest BCUT2D eigenvalue weighted by molar-refractivity contribution is 5.64. The highest BCUT2D eigenvalue weighted by Gasteiger charge is 1.95. The Morgan fingerprint density at radius 3 is 1.92 bits per heavy atom. The molecule has 1 rings (SSSR count). The van der Waals surface area contributed by atoms with Crippen LogP contribution in [0.3, 0.4) is 0 Å². The molecule has 1 aromatic rings. The second kappa shape index (κ2) is 16.7. The van der Waals surface area contributed by atoms with Crippen LogP contribution in [0.15, 0.2) is 30.3 Å². The zero-order valence-corrected chi connectivity index (χ0v) is 15.2. The summed E-state index contributed by atoms with van der Waals surface area (Å²) in [5.74, 6) is 0. The van der Waals surface area contributed by atoms with Crippen molar-refractivity contribution in [2.45, 2.75) is 6.61 Å². The summed E-state index contributed by atoms with van der Waals surface area (Å²) in [5, 5.41) is 3.22. The van der Waals surface area contributed by atoms with E-state index in [-0.39, 0.29) is 6.61 Å². The smallest absolute Gasteiger partial charge is 0.404 e. The number of benzene rings is 1. The Morgan fingerprint density at radius 2 is 1.31 bits per heavy atom. The van der Waals surface area contributed by atoms with Crippen LogP contribution in [-0.4, -0.2) is 72.0 Å². The minimum absolute atomic E-state index is 0.161. The molecule has 0 aromatic heterocycles. The fraction of sp³-hybridized carbons (Fsp3) is 0.611. The SMILES string of the molecule is NC(=O)OCCOCCOCCNCCOCCOCc1ccccc1. The van der Waals surface area contributed by atoms with Gasteiger partial charge in [-0.25, -0.2) is 4.79 Å². The fourth-order valence-corrected chi connectivity index (χ4v) is 1.92. The van der Waals surface area contributed by atoms with Gasteiger partial charge in [0.05, 0.1) is 52.9 Å². The summed E-state index contributed by atoms with van der Waals surface area (Å²) < 4.78 is 26.1. The third kappa shape index (κ3) is 14.6. The zero-order valence-electron chi connectivity index (χ0n) is 15.2. The number of carbonyl (C=O) groups is 1. The van der Waals surface area contributed by atoms with E-state index in [1.807, 2.05) is 30.3 Å². The van der Waals surface area contributed by atoms with Gasteiger partial charge in [-0.15, -0.1) is 0 Å². The van der Waals surface area contributed by atoms with Crippen molar-refractivity contribution < 1.29 is 28.5 Å². The highest BCUT2D eigenvalue weighted by atomic mass is 16.6. The maximum absolute atomic E-state index is 10.3. The molecule has 0 heterocycles. The molecule has 148 valence electrons. The number of hydrogen-bond donors (Lipinski definition) is 2. The first-order valence-electron chi connectivity index (χ1n) is 8.77. The van der Waals surface area contributed by atoms with Gasteiger partial charge < -0.3 is 34.7 Å². The van der Waals surface area contributed by atoms with Crippen LogP contribution in [0.5, 0.6) is 0 Å². The molecule has 3 N–H and O–H groups in total. The standard InChI is InChI=1S/C18H30N2O6/c19-18(21)26-15-14-24-11-10-22-8-6-20-7-9-23-12-13-25-16-17-4-2-1-3-5-17/h1-5,20H,6-16H2,(H2,19,21). The lowest BCUT2D eigenvalue weighted by Gasteiger charge is -2.08. The van der Waals surface area contributed by atoms with Crippen LogP contribution in [0.25, 0.3) is 0 Å². The van der Waals surface area contributed by atoms with Crippen LogP contribution in [0.2, 0.25) is 0 Å². The monoisotopic (exact) mass is 370 g/mol. The predicted molar refractivity (Wildman–Crippen MR) is 97.0 cm³/mol. The molecule has 0 bridgehead atoms. The van der Waals surface area contributed by atoms with Crippen molar-refractivity contribution in [1.82, 2.24) is 5.32 Å². The number of hydrogen-bond acceptors (Lipinski definition) is 7. The highest BCUT2D eigenvalue weighted by Crippen LogP contribution is 1.99. The maximum Gasteiger partial charge on any atom is 0.404 e. The molecule has 0 atom stereocenters. The summed E-state index contributed by atoms with van der Waals surface area (Å²) in [6.45, 7) is 5.96. The summed E-state index contributed by atoms with van der Waals surface area (Å²) >= 11 is 0. The van der Waals surface area contributed by atoms with E-state index in [1.54, 1.807) is 0 Å². The van der Waals surface area contributed by atoms with Gasteiger partial charge in [0.15, 0.2) is 0 Å². The largest absolute Gasteiger partial charge is 0.447 e. The van der Waals surface area contributed by atoms with Gasteiger partial charge in [-0.2, -0.15) is 0 Å². The van der Waals surface area contributed by atoms with Gasteiger partial charge >= 0.3 is 6.09 Å². The van der Waals surface area contributed by atoms with Gasteiger partial charge in [0.25, 0.3) is 0 Å². The van der Waals surface area contributed by atoms with E-state index in [9.17, 15) is 4.79 Å². The minimum Gasteiger partial charge on any atom is -0.447 e. The average molecular weight is 370 g/mol. The molecule has 0 aliphatic carbocycles. The Balaban J connectivity index is 1.70. The van der Waals surface area contributed by atoms with Gasteiger partial charge in [-0.05, 0) is 5.56 Å². The number of rotatable bonds is 17. The summed E-state index contributed by atoms with van der Waals surface area (Å²) in [6, 6.07) is 10.1. The molecule has 1 amide bonds. The molecule has 0 unspecified atom stereocenters. The van der Waals surface area contributed by atoms with Crippen LogP contribution in [-0.2, 0) is 30.3 Å². The van der Waals surface area contributed by atoms with Crippen molar-refractivity contribution in [3.8, 4) is 0 Å². The minimum atomic E-state index is -0.792. The van der Waals surface area contributed by atoms with Crippen molar-refractivity contribution in [3.63, 3.8) is 0 Å². The molecule has 0 radical (unpaired) electrons. The average Bonchev–Trinajstić information content (AvgIpc) is 2.65. The van der Waals surface area contributed by atoms with E-state index in [0.29, 0.717) is 52.9 Å². The lowest BCUT2D eigenvalue weighted by Crippen LogP contribution is -2.25. The molecule has 0 spiro atoms. The van der Waals surface area contributed by atoms with Crippen LogP contribution in [0, 0.1) is 0 Å². The maximum atomic E-state index is 10.3. The molecule has 8 nitrogen and oxygen atoms in total. The van der Waals surface area contributed by atoms with Crippen molar-refractivity contribution in [2.24, 2.45) is 5.73 Å². The lowest BCUT2D eigenvalue weighted by molar-refractivity contribution is 0.0284. The number of amides is 1. The molecule has 0 aliphatic heterocycles. The Bertz CT molecular complexity index is 447. The lowest BCUT2D eigenvalue weighted by atomic mass is 10.2. The first kappa shape index (κ1) is 22.3. The van der Waals surface area contributed by atoms with Gasteiger partial charge in [0, 0.05) is 13.1 Å². The van der Waals surface area contributed by atoms with Gasteiger partial charge in [-0.1, -0.05) is 30.3 Å². The van der Waals surface area contributed by atoms with E-state index < -0.39 is 6.09 Å². The first-order valence-corrected chi connectivity index (χ1v) is 8.77. The summed E-state index contributed by atoms with van der Waals surface area (Å²) in [7, 11) is 0. The van der Waals surface area contributed by atoms with Crippen molar-refractivity contribution in [2.75, 3.05) is 65.9 Å². The number of ether oxygens (including phenoxy) is 5. The Hall–Kier alpha value is -1.71. The van der Waals surface area contributed by atoms with Crippen molar-refractivity contribution in [3.05, 3.63) is 35.9 Å². The second-order valence-electron chi connectivity index (χ2n) is 5.29. The van der Waals surface area contributed by atoms with E-state index in [0.717, 1.165) is 13.1 Å². The second-order valence-corrected chi connectivity index (χ2v) is 5.29. The molecule has 1 aromatic carbocycles. The van der Waals surface area contributed by atoms with Gasteiger partial charge in [0.1, 0.15) is 6.61 Å². The quantitative estimate of drug-likeness (QED) is 0.394. The molecular weight excluding hydrogens is 340 g/mol. The summed E-state index contributed by atoms with van der Waals surface area (Å²) in [4.78, 5) is 10.3. The van der Waals surface area contributed by atoms with E-state index in [4.69, 9.17) is 24.7 Å². The predicted octanol–water partition coefficient (Wildman–Crippen LogP) is 0.938. The molecule has 0 fully saturated rings. The summed E-state index contributed by atoms with van der Waals surface area (Å²) in [5.41, 5.74) is 5.98. The van der Waals surface area contributed by atoms with Gasteiger partial charge in [0.2, 0.25) is 0 Å². The Labute approximate surface area is 154 Å². The Kier molecular flexibility index (Phi) is 14.4. The van der Waals surface area contributed by atoms with Crippen LogP contribution in [0.4, 0.5) is 4.79 Å². The molecule has 0 aliphatic rings. The van der Waals surface area contributed by atoms with Crippen LogP contribution in [0.1, 0.15) is 5.56 Å². The van der Waals surface area contributed by atoms with E-state index in [1.165, 1.54) is 5.56 Å². The molecule has 8 heteroatoms. The third-order valence-electron chi connectivity index (χ3n) is 3.17. The van der Waals surface area contributed by atoms with E-state index in [2.05, 4.69) is 10.1 Å². The third-order valence-corrected chi connectivity index (χ3v) is 3.17.